The summed E-state index contributed by atoms with van der Waals surface area (Å²) in [5.74, 6) is 0.345. The van der Waals surface area contributed by atoms with Crippen molar-refractivity contribution in [3.8, 4) is 6.07 Å². The molecule has 1 aromatic carbocycles. The van der Waals surface area contributed by atoms with Crippen LogP contribution in [0, 0.1) is 17.1 Å². The Labute approximate surface area is 201 Å². The number of benzene rings is 1. The van der Waals surface area contributed by atoms with Gasteiger partial charge in [-0.1, -0.05) is 12.1 Å². The third-order valence-corrected chi connectivity index (χ3v) is 6.92. The van der Waals surface area contributed by atoms with Gasteiger partial charge in [-0.25, -0.2) is 9.37 Å². The molecule has 34 heavy (non-hydrogen) atoms. The third kappa shape index (κ3) is 5.88. The lowest BCUT2D eigenvalue weighted by Crippen LogP contribution is -2.38. The van der Waals surface area contributed by atoms with Gasteiger partial charge in [-0.15, -0.1) is 11.3 Å². The molecule has 0 spiro atoms. The molecule has 3 aromatic rings. The van der Waals surface area contributed by atoms with Crippen LogP contribution in [0.5, 0.6) is 0 Å². The van der Waals surface area contributed by atoms with Crippen molar-refractivity contribution in [3.63, 3.8) is 0 Å². The van der Waals surface area contributed by atoms with E-state index in [2.05, 4.69) is 11.1 Å². The Kier molecular flexibility index (Phi) is 7.70. The summed E-state index contributed by atoms with van der Waals surface area (Å²) in [4.78, 5) is 33.7. The second-order valence-corrected chi connectivity index (χ2v) is 9.13. The number of halogens is 1. The number of amides is 2. The first kappa shape index (κ1) is 23.6. The van der Waals surface area contributed by atoms with E-state index in [-0.39, 0.29) is 42.9 Å². The quantitative estimate of drug-likeness (QED) is 0.477. The predicted molar refractivity (Wildman–Crippen MR) is 124 cm³/mol. The number of carbonyl (C=O) groups excluding carboxylic acids is 2. The van der Waals surface area contributed by atoms with E-state index in [0.29, 0.717) is 31.1 Å². The maximum Gasteiger partial charge on any atom is 0.273 e. The lowest BCUT2D eigenvalue weighted by atomic mass is 9.97. The summed E-state index contributed by atoms with van der Waals surface area (Å²) in [6.07, 6.45) is 3.60. The molecule has 0 atom stereocenters. The van der Waals surface area contributed by atoms with Gasteiger partial charge in [0.1, 0.15) is 17.3 Å². The second kappa shape index (κ2) is 11.1. The van der Waals surface area contributed by atoms with E-state index in [4.69, 9.17) is 9.68 Å². The Bertz CT molecular complexity index is 1150. The van der Waals surface area contributed by atoms with Crippen molar-refractivity contribution < 1.29 is 18.4 Å². The molecule has 7 nitrogen and oxygen atoms in total. The number of hydrogen-bond acceptors (Lipinski definition) is 6. The molecule has 3 heterocycles. The van der Waals surface area contributed by atoms with Crippen LogP contribution >= 0.6 is 11.3 Å². The van der Waals surface area contributed by atoms with E-state index in [1.54, 1.807) is 40.8 Å². The zero-order chi connectivity index (χ0) is 23.9. The highest BCUT2D eigenvalue weighted by Crippen LogP contribution is 2.31. The molecule has 1 fully saturated rings. The number of hydrogen-bond donors (Lipinski definition) is 0. The zero-order valence-electron chi connectivity index (χ0n) is 18.7. The van der Waals surface area contributed by atoms with Crippen LogP contribution in [0.3, 0.4) is 0 Å². The second-order valence-electron chi connectivity index (χ2n) is 8.24. The number of piperidine rings is 1. The van der Waals surface area contributed by atoms with E-state index >= 15 is 0 Å². The highest BCUT2D eigenvalue weighted by Gasteiger charge is 2.27. The van der Waals surface area contributed by atoms with Crippen LogP contribution in [-0.2, 0) is 17.8 Å². The van der Waals surface area contributed by atoms with Crippen LogP contribution in [0.15, 0.2) is 52.5 Å². The van der Waals surface area contributed by atoms with Crippen molar-refractivity contribution >= 4 is 23.2 Å². The summed E-state index contributed by atoms with van der Waals surface area (Å²) >= 11 is 1.46. The zero-order valence-corrected chi connectivity index (χ0v) is 19.5. The number of carbonyl (C=O) groups is 2. The highest BCUT2D eigenvalue weighted by atomic mass is 32.1. The van der Waals surface area contributed by atoms with E-state index in [0.717, 1.165) is 23.4 Å². The Morgan fingerprint density at radius 1 is 1.24 bits per heavy atom. The van der Waals surface area contributed by atoms with Crippen LogP contribution < -0.4 is 0 Å². The minimum atomic E-state index is -0.313. The molecule has 0 N–H and O–H groups in total. The topological polar surface area (TPSA) is 90.4 Å². The molecule has 176 valence electrons. The van der Waals surface area contributed by atoms with Crippen molar-refractivity contribution in [2.45, 2.75) is 38.1 Å². The molecule has 9 heteroatoms. The number of thiazole rings is 1. The molecule has 0 radical (unpaired) electrons. The Morgan fingerprint density at radius 3 is 2.68 bits per heavy atom. The van der Waals surface area contributed by atoms with E-state index < -0.39 is 0 Å². The van der Waals surface area contributed by atoms with E-state index in [9.17, 15) is 14.0 Å². The van der Waals surface area contributed by atoms with Crippen LogP contribution in [0.2, 0.25) is 0 Å². The van der Waals surface area contributed by atoms with E-state index in [1.807, 2.05) is 4.90 Å². The van der Waals surface area contributed by atoms with Gasteiger partial charge in [0, 0.05) is 30.9 Å². The normalized spacial score (nSPS) is 14.1. The molecule has 0 unspecified atom stereocenters. The standard InChI is InChI=1S/C25H25FN4O3S/c26-20-6-4-18(5-7-20)15-23(31)29-12-8-19(9-13-29)24-28-22(17-34-24)25(32)30(11-2-10-27)16-21-3-1-14-33-21/h1,3-7,14,17,19H,2,8-9,11-13,15-16H2. The molecular formula is C25H25FN4O3S. The Balaban J connectivity index is 1.33. The van der Waals surface area contributed by atoms with Crippen molar-refractivity contribution in [2.75, 3.05) is 19.6 Å². The molecular weight excluding hydrogens is 455 g/mol. The van der Waals surface area contributed by atoms with Gasteiger partial charge in [0.15, 0.2) is 0 Å². The fraction of sp³-hybridized carbons (Fsp3) is 0.360. The summed E-state index contributed by atoms with van der Waals surface area (Å²) in [6, 6.07) is 11.7. The fourth-order valence-electron chi connectivity index (χ4n) is 4.03. The molecule has 2 amide bonds. The maximum atomic E-state index is 13.1. The van der Waals surface area contributed by atoms with Gasteiger partial charge in [-0.05, 0) is 42.7 Å². The molecule has 1 saturated heterocycles. The van der Waals surface area contributed by atoms with Crippen LogP contribution in [-0.4, -0.2) is 46.2 Å². The third-order valence-electron chi connectivity index (χ3n) is 5.91. The smallest absolute Gasteiger partial charge is 0.273 e. The van der Waals surface area contributed by atoms with Gasteiger partial charge < -0.3 is 14.2 Å². The van der Waals surface area contributed by atoms with Gasteiger partial charge in [0.2, 0.25) is 5.91 Å². The number of furan rings is 1. The van der Waals surface area contributed by atoms with Gasteiger partial charge in [0.25, 0.3) is 5.91 Å². The van der Waals surface area contributed by atoms with Crippen LogP contribution in [0.25, 0.3) is 0 Å². The molecule has 0 bridgehead atoms. The summed E-state index contributed by atoms with van der Waals surface area (Å²) in [6.45, 7) is 1.84. The number of rotatable bonds is 8. The van der Waals surface area contributed by atoms with Crippen molar-refractivity contribution in [1.82, 2.24) is 14.8 Å². The van der Waals surface area contributed by atoms with Crippen molar-refractivity contribution in [2.24, 2.45) is 0 Å². The number of likely N-dealkylation sites (tertiary alicyclic amines) is 1. The van der Waals surface area contributed by atoms with Crippen LogP contribution in [0.4, 0.5) is 4.39 Å². The van der Waals surface area contributed by atoms with Crippen molar-refractivity contribution in [1.29, 1.82) is 5.26 Å². The van der Waals surface area contributed by atoms with Gasteiger partial charge in [-0.2, -0.15) is 5.26 Å². The average Bonchev–Trinajstić information content (AvgIpc) is 3.55. The maximum absolute atomic E-state index is 13.1. The molecule has 0 saturated carbocycles. The first-order valence-corrected chi connectivity index (χ1v) is 12.1. The molecule has 1 aliphatic rings. The molecule has 2 aromatic heterocycles. The lowest BCUT2D eigenvalue weighted by Gasteiger charge is -2.31. The fourth-order valence-corrected chi connectivity index (χ4v) is 4.99. The highest BCUT2D eigenvalue weighted by molar-refractivity contribution is 7.09. The largest absolute Gasteiger partial charge is 0.467 e. The summed E-state index contributed by atoms with van der Waals surface area (Å²) in [5.41, 5.74) is 1.17. The first-order chi connectivity index (χ1) is 16.5. The van der Waals surface area contributed by atoms with Gasteiger partial charge in [0.05, 0.1) is 36.7 Å². The summed E-state index contributed by atoms with van der Waals surface area (Å²) < 4.78 is 18.4. The monoisotopic (exact) mass is 480 g/mol. The molecule has 0 aliphatic carbocycles. The molecule has 1 aliphatic heterocycles. The van der Waals surface area contributed by atoms with Gasteiger partial charge in [-0.3, -0.25) is 9.59 Å². The number of nitriles is 1. The number of aromatic nitrogens is 1. The van der Waals surface area contributed by atoms with Gasteiger partial charge >= 0.3 is 0 Å². The Hall–Kier alpha value is -3.51. The predicted octanol–water partition coefficient (Wildman–Crippen LogP) is 4.38. The molecule has 4 rings (SSSR count). The van der Waals surface area contributed by atoms with Crippen molar-refractivity contribution in [3.05, 3.63) is 75.9 Å². The van der Waals surface area contributed by atoms with Crippen LogP contribution in [0.1, 0.15) is 52.0 Å². The minimum Gasteiger partial charge on any atom is -0.467 e. The number of nitrogens with zero attached hydrogens (tertiary/aromatic N) is 4. The first-order valence-electron chi connectivity index (χ1n) is 11.2. The van der Waals surface area contributed by atoms with E-state index in [1.165, 1.54) is 23.5 Å². The Morgan fingerprint density at radius 2 is 2.00 bits per heavy atom. The lowest BCUT2D eigenvalue weighted by molar-refractivity contribution is -0.131. The summed E-state index contributed by atoms with van der Waals surface area (Å²) in [7, 11) is 0. The average molecular weight is 481 g/mol. The summed E-state index contributed by atoms with van der Waals surface area (Å²) in [5, 5.41) is 11.6. The SMILES string of the molecule is N#CCCN(Cc1ccco1)C(=O)c1csc(C2CCN(C(=O)Cc3ccc(F)cc3)CC2)n1. The minimum absolute atomic E-state index is 0.0334.